The van der Waals surface area contributed by atoms with E-state index in [1.54, 1.807) is 24.5 Å². The summed E-state index contributed by atoms with van der Waals surface area (Å²) in [6.45, 7) is 0. The van der Waals surface area contributed by atoms with Gasteiger partial charge in [0.1, 0.15) is 5.78 Å². The zero-order chi connectivity index (χ0) is 11.4. The van der Waals surface area contributed by atoms with Crippen molar-refractivity contribution in [2.75, 3.05) is 0 Å². The molecule has 0 aliphatic heterocycles. The molecule has 1 aliphatic carbocycles. The molecule has 1 unspecified atom stereocenters. The van der Waals surface area contributed by atoms with Gasteiger partial charge in [-0.2, -0.15) is 0 Å². The van der Waals surface area contributed by atoms with Crippen LogP contribution in [0.5, 0.6) is 0 Å². The Balaban J connectivity index is 2.17. The summed E-state index contributed by atoms with van der Waals surface area (Å²) in [6.07, 6.45) is 7.38. The van der Waals surface area contributed by atoms with Gasteiger partial charge in [-0.15, -0.1) is 0 Å². The zero-order valence-electron chi connectivity index (χ0n) is 9.19. The molecule has 0 radical (unpaired) electrons. The Kier molecular flexibility index (Phi) is 3.44. The molecule has 3 heteroatoms. The largest absolute Gasteiger partial charge is 0.299 e. The lowest BCUT2D eigenvalue weighted by molar-refractivity contribution is -0.121. The Morgan fingerprint density at radius 3 is 2.94 bits per heavy atom. The lowest BCUT2D eigenvalue weighted by atomic mass is 9.91. The average molecular weight is 217 g/mol. The molecule has 1 heterocycles. The summed E-state index contributed by atoms with van der Waals surface area (Å²) < 4.78 is 0. The van der Waals surface area contributed by atoms with E-state index in [0.717, 1.165) is 19.3 Å². The Morgan fingerprint density at radius 1 is 1.31 bits per heavy atom. The molecule has 3 nitrogen and oxygen atoms in total. The fourth-order valence-corrected chi connectivity index (χ4v) is 2.15. The first-order valence-corrected chi connectivity index (χ1v) is 5.76. The van der Waals surface area contributed by atoms with Gasteiger partial charge in [0.05, 0.1) is 5.92 Å². The maximum absolute atomic E-state index is 12.1. The molecule has 0 N–H and O–H groups in total. The quantitative estimate of drug-likeness (QED) is 0.434. The standard InChI is InChI=1S/C13H15NO2/c15-12-7-3-1-2-6-11(12)13(16)10-5-4-8-14-9-10/h4-5,8-9,11H,1-3,6-7H2. The summed E-state index contributed by atoms with van der Waals surface area (Å²) in [7, 11) is 0. The first-order chi connectivity index (χ1) is 7.79. The maximum atomic E-state index is 12.1. The van der Waals surface area contributed by atoms with Crippen molar-refractivity contribution in [3.05, 3.63) is 30.1 Å². The van der Waals surface area contributed by atoms with Crippen molar-refractivity contribution in [1.29, 1.82) is 0 Å². The second-order valence-electron chi connectivity index (χ2n) is 4.22. The van der Waals surface area contributed by atoms with Crippen molar-refractivity contribution in [2.45, 2.75) is 32.1 Å². The predicted octanol–water partition coefficient (Wildman–Crippen LogP) is 2.41. The van der Waals surface area contributed by atoms with Crippen LogP contribution in [0.2, 0.25) is 0 Å². The number of carbonyl (C=O) groups is 2. The minimum atomic E-state index is -0.424. The summed E-state index contributed by atoms with van der Waals surface area (Å²) in [5.41, 5.74) is 0.558. The van der Waals surface area contributed by atoms with Crippen molar-refractivity contribution in [1.82, 2.24) is 4.98 Å². The SMILES string of the molecule is O=C1CCCCCC1C(=O)c1cccnc1. The van der Waals surface area contributed by atoms with Gasteiger partial charge in [-0.1, -0.05) is 12.8 Å². The third kappa shape index (κ3) is 2.35. The molecular weight excluding hydrogens is 202 g/mol. The molecule has 84 valence electrons. The van der Waals surface area contributed by atoms with Crippen LogP contribution in [0.15, 0.2) is 24.5 Å². The van der Waals surface area contributed by atoms with Gasteiger partial charge in [0.15, 0.2) is 5.78 Å². The number of aromatic nitrogens is 1. The van der Waals surface area contributed by atoms with E-state index >= 15 is 0 Å². The first-order valence-electron chi connectivity index (χ1n) is 5.76. The molecule has 2 rings (SSSR count). The molecular formula is C13H15NO2. The number of hydrogen-bond acceptors (Lipinski definition) is 3. The van der Waals surface area contributed by atoms with E-state index in [2.05, 4.69) is 4.98 Å². The van der Waals surface area contributed by atoms with Crippen molar-refractivity contribution in [2.24, 2.45) is 5.92 Å². The highest BCUT2D eigenvalue weighted by Gasteiger charge is 2.28. The molecule has 1 saturated carbocycles. The second-order valence-corrected chi connectivity index (χ2v) is 4.22. The number of pyridine rings is 1. The lowest BCUT2D eigenvalue weighted by Gasteiger charge is -2.10. The predicted molar refractivity (Wildman–Crippen MR) is 60.1 cm³/mol. The van der Waals surface area contributed by atoms with Crippen LogP contribution in [0.1, 0.15) is 42.5 Å². The van der Waals surface area contributed by atoms with Crippen LogP contribution in [0.3, 0.4) is 0 Å². The Bertz CT molecular complexity index is 386. The summed E-state index contributed by atoms with van der Waals surface area (Å²) in [5.74, 6) is -0.377. The van der Waals surface area contributed by atoms with Crippen LogP contribution in [0, 0.1) is 5.92 Å². The molecule has 0 saturated heterocycles. The molecule has 1 aromatic rings. The van der Waals surface area contributed by atoms with Gasteiger partial charge in [-0.3, -0.25) is 14.6 Å². The van der Waals surface area contributed by atoms with E-state index in [1.807, 2.05) is 0 Å². The number of ketones is 2. The second kappa shape index (κ2) is 5.01. The molecule has 0 spiro atoms. The lowest BCUT2D eigenvalue weighted by Crippen LogP contribution is -2.23. The van der Waals surface area contributed by atoms with E-state index in [0.29, 0.717) is 18.4 Å². The van der Waals surface area contributed by atoms with E-state index < -0.39 is 5.92 Å². The van der Waals surface area contributed by atoms with Crippen LogP contribution in [0.4, 0.5) is 0 Å². The fraction of sp³-hybridized carbons (Fsp3) is 0.462. The zero-order valence-corrected chi connectivity index (χ0v) is 9.19. The van der Waals surface area contributed by atoms with Gasteiger partial charge < -0.3 is 0 Å². The first kappa shape index (κ1) is 11.0. The van der Waals surface area contributed by atoms with E-state index in [1.165, 1.54) is 0 Å². The molecule has 0 amide bonds. The highest BCUT2D eigenvalue weighted by molar-refractivity contribution is 6.10. The average Bonchev–Trinajstić information content (AvgIpc) is 2.54. The molecule has 1 aromatic heterocycles. The fourth-order valence-electron chi connectivity index (χ4n) is 2.15. The highest BCUT2D eigenvalue weighted by Crippen LogP contribution is 2.23. The van der Waals surface area contributed by atoms with Crippen molar-refractivity contribution < 1.29 is 9.59 Å². The van der Waals surface area contributed by atoms with Crippen LogP contribution in [0.25, 0.3) is 0 Å². The monoisotopic (exact) mass is 217 g/mol. The molecule has 1 atom stereocenters. The van der Waals surface area contributed by atoms with Gasteiger partial charge in [0.2, 0.25) is 0 Å². The van der Waals surface area contributed by atoms with Crippen LogP contribution in [-0.4, -0.2) is 16.6 Å². The smallest absolute Gasteiger partial charge is 0.174 e. The third-order valence-corrected chi connectivity index (χ3v) is 3.07. The highest BCUT2D eigenvalue weighted by atomic mass is 16.1. The number of rotatable bonds is 2. The van der Waals surface area contributed by atoms with Crippen LogP contribution in [-0.2, 0) is 4.79 Å². The van der Waals surface area contributed by atoms with Gasteiger partial charge >= 0.3 is 0 Å². The Labute approximate surface area is 94.9 Å². The topological polar surface area (TPSA) is 47.0 Å². The molecule has 1 aliphatic rings. The van der Waals surface area contributed by atoms with Crippen LogP contribution < -0.4 is 0 Å². The van der Waals surface area contributed by atoms with Crippen molar-refractivity contribution in [3.8, 4) is 0 Å². The number of carbonyl (C=O) groups excluding carboxylic acids is 2. The van der Waals surface area contributed by atoms with Gasteiger partial charge in [0, 0.05) is 24.4 Å². The Hall–Kier alpha value is -1.51. The number of nitrogens with zero attached hydrogens (tertiary/aromatic N) is 1. The van der Waals surface area contributed by atoms with Crippen LogP contribution >= 0.6 is 0 Å². The van der Waals surface area contributed by atoms with Gasteiger partial charge in [-0.05, 0) is 25.0 Å². The Morgan fingerprint density at radius 2 is 2.19 bits per heavy atom. The van der Waals surface area contributed by atoms with E-state index in [9.17, 15) is 9.59 Å². The van der Waals surface area contributed by atoms with E-state index in [4.69, 9.17) is 0 Å². The number of Topliss-reactive ketones (excluding diaryl/α,β-unsaturated/α-hetero) is 2. The van der Waals surface area contributed by atoms with Crippen molar-refractivity contribution in [3.63, 3.8) is 0 Å². The molecule has 1 fully saturated rings. The third-order valence-electron chi connectivity index (χ3n) is 3.07. The normalized spacial score (nSPS) is 21.5. The minimum absolute atomic E-state index is 0.0556. The van der Waals surface area contributed by atoms with Gasteiger partial charge in [0.25, 0.3) is 0 Å². The minimum Gasteiger partial charge on any atom is -0.299 e. The summed E-state index contributed by atoms with van der Waals surface area (Å²) in [4.78, 5) is 27.8. The molecule has 16 heavy (non-hydrogen) atoms. The van der Waals surface area contributed by atoms with Crippen molar-refractivity contribution >= 4 is 11.6 Å². The van der Waals surface area contributed by atoms with Gasteiger partial charge in [-0.25, -0.2) is 0 Å². The molecule has 0 aromatic carbocycles. The summed E-state index contributed by atoms with van der Waals surface area (Å²) in [6, 6.07) is 3.46. The maximum Gasteiger partial charge on any atom is 0.174 e. The summed E-state index contributed by atoms with van der Waals surface area (Å²) in [5, 5.41) is 0. The van der Waals surface area contributed by atoms with E-state index in [-0.39, 0.29) is 11.6 Å². The summed E-state index contributed by atoms with van der Waals surface area (Å²) >= 11 is 0. The molecule has 0 bridgehead atoms. The number of hydrogen-bond donors (Lipinski definition) is 0.